The van der Waals surface area contributed by atoms with Crippen LogP contribution in [-0.4, -0.2) is 18.8 Å². The molecular weight excluding hydrogens is 180 g/mol. The van der Waals surface area contributed by atoms with E-state index in [4.69, 9.17) is 0 Å². The van der Waals surface area contributed by atoms with Crippen LogP contribution in [0, 0.1) is 0 Å². The molecule has 0 fully saturated rings. The van der Waals surface area contributed by atoms with Crippen LogP contribution >= 0.6 is 11.9 Å². The molecule has 0 aliphatic carbocycles. The average Bonchev–Trinajstić information content (AvgIpc) is 2.14. The third kappa shape index (κ3) is 8.06. The second kappa shape index (κ2) is 8.32. The molecule has 0 saturated carbocycles. The zero-order valence-electron chi connectivity index (χ0n) is 9.05. The standard InChI is InChI=1S/C10H20N2S/c1-5-10(4)12-13-8-9(3)7-11-6-2/h8,11H,5-7H2,1-4H3/b9-8+,12-10?. The number of rotatable bonds is 6. The number of likely N-dealkylation sites (N-methyl/N-ethyl adjacent to an activating group) is 1. The van der Waals surface area contributed by atoms with E-state index >= 15 is 0 Å². The summed E-state index contributed by atoms with van der Waals surface area (Å²) in [6.07, 6.45) is 1.03. The van der Waals surface area contributed by atoms with E-state index in [0.717, 1.165) is 19.5 Å². The minimum Gasteiger partial charge on any atom is -0.313 e. The molecule has 0 bridgehead atoms. The lowest BCUT2D eigenvalue weighted by Gasteiger charge is -1.99. The van der Waals surface area contributed by atoms with Gasteiger partial charge in [0.1, 0.15) is 0 Å². The molecule has 3 heteroatoms. The Morgan fingerprint density at radius 1 is 1.38 bits per heavy atom. The van der Waals surface area contributed by atoms with Gasteiger partial charge in [0, 0.05) is 24.2 Å². The Hall–Kier alpha value is -0.280. The van der Waals surface area contributed by atoms with E-state index in [-0.39, 0.29) is 0 Å². The Morgan fingerprint density at radius 3 is 2.62 bits per heavy atom. The Labute approximate surface area is 86.0 Å². The van der Waals surface area contributed by atoms with Crippen molar-refractivity contribution in [1.82, 2.24) is 5.32 Å². The predicted octanol–water partition coefficient (Wildman–Crippen LogP) is 3.02. The highest BCUT2D eigenvalue weighted by Gasteiger charge is 1.88. The summed E-state index contributed by atoms with van der Waals surface area (Å²) in [4.78, 5) is 0. The van der Waals surface area contributed by atoms with Gasteiger partial charge in [-0.15, -0.1) is 0 Å². The second-order valence-corrected chi connectivity index (χ2v) is 3.66. The number of hydrogen-bond acceptors (Lipinski definition) is 3. The summed E-state index contributed by atoms with van der Waals surface area (Å²) < 4.78 is 4.32. The molecule has 1 N–H and O–H groups in total. The van der Waals surface area contributed by atoms with Crippen molar-refractivity contribution in [3.63, 3.8) is 0 Å². The van der Waals surface area contributed by atoms with Gasteiger partial charge in [0.05, 0.1) is 0 Å². The van der Waals surface area contributed by atoms with Crippen LogP contribution in [0.3, 0.4) is 0 Å². The van der Waals surface area contributed by atoms with Crippen molar-refractivity contribution in [2.45, 2.75) is 34.1 Å². The summed E-state index contributed by atoms with van der Waals surface area (Å²) in [5.74, 6) is 0. The summed E-state index contributed by atoms with van der Waals surface area (Å²) in [7, 11) is 0. The van der Waals surface area contributed by atoms with E-state index in [1.807, 2.05) is 0 Å². The van der Waals surface area contributed by atoms with Gasteiger partial charge in [-0.25, -0.2) is 4.40 Å². The fourth-order valence-corrected chi connectivity index (χ4v) is 1.26. The van der Waals surface area contributed by atoms with Gasteiger partial charge in [0.25, 0.3) is 0 Å². The number of nitrogens with one attached hydrogen (secondary N) is 1. The van der Waals surface area contributed by atoms with Crippen LogP contribution in [0.5, 0.6) is 0 Å². The van der Waals surface area contributed by atoms with E-state index < -0.39 is 0 Å². The normalized spacial score (nSPS) is 13.5. The molecule has 0 aromatic rings. The van der Waals surface area contributed by atoms with Gasteiger partial charge < -0.3 is 5.32 Å². The van der Waals surface area contributed by atoms with Gasteiger partial charge in [-0.05, 0) is 32.2 Å². The first kappa shape index (κ1) is 12.7. The summed E-state index contributed by atoms with van der Waals surface area (Å²) >= 11 is 1.53. The van der Waals surface area contributed by atoms with Crippen molar-refractivity contribution in [1.29, 1.82) is 0 Å². The van der Waals surface area contributed by atoms with Crippen LogP contribution in [0.4, 0.5) is 0 Å². The van der Waals surface area contributed by atoms with Crippen LogP contribution in [0.1, 0.15) is 34.1 Å². The minimum atomic E-state index is 0.962. The largest absolute Gasteiger partial charge is 0.313 e. The number of nitrogens with zero attached hydrogens (tertiary/aromatic N) is 1. The molecule has 0 saturated heterocycles. The van der Waals surface area contributed by atoms with Crippen molar-refractivity contribution >= 4 is 17.7 Å². The molecule has 0 aliphatic rings. The summed E-state index contributed by atoms with van der Waals surface area (Å²) in [6.45, 7) is 10.4. The van der Waals surface area contributed by atoms with Crippen LogP contribution in [0.25, 0.3) is 0 Å². The van der Waals surface area contributed by atoms with Crippen molar-refractivity contribution in [3.05, 3.63) is 11.0 Å². The highest BCUT2D eigenvalue weighted by Crippen LogP contribution is 2.09. The Bertz CT molecular complexity index is 185. The highest BCUT2D eigenvalue weighted by molar-refractivity contribution is 8.01. The number of hydrogen-bond donors (Lipinski definition) is 1. The molecular formula is C10H20N2S. The SMILES string of the molecule is CCNC/C(C)=C/SN=C(C)CC. The van der Waals surface area contributed by atoms with Crippen molar-refractivity contribution < 1.29 is 0 Å². The minimum absolute atomic E-state index is 0.962. The fourth-order valence-electron chi connectivity index (χ4n) is 0.635. The second-order valence-electron chi connectivity index (χ2n) is 3.03. The van der Waals surface area contributed by atoms with Gasteiger partial charge >= 0.3 is 0 Å². The van der Waals surface area contributed by atoms with E-state index in [1.54, 1.807) is 0 Å². The van der Waals surface area contributed by atoms with Crippen LogP contribution in [0.2, 0.25) is 0 Å². The van der Waals surface area contributed by atoms with Gasteiger partial charge in [-0.3, -0.25) is 0 Å². The summed E-state index contributed by atoms with van der Waals surface area (Å²) in [5, 5.41) is 5.37. The quantitative estimate of drug-likeness (QED) is 0.526. The molecule has 0 radical (unpaired) electrons. The topological polar surface area (TPSA) is 24.4 Å². The molecule has 0 aromatic carbocycles. The molecule has 0 amide bonds. The third-order valence-corrected chi connectivity index (χ3v) is 2.55. The van der Waals surface area contributed by atoms with Crippen LogP contribution in [-0.2, 0) is 0 Å². The van der Waals surface area contributed by atoms with E-state index in [2.05, 4.69) is 42.8 Å². The van der Waals surface area contributed by atoms with Crippen molar-refractivity contribution in [3.8, 4) is 0 Å². The molecule has 0 aliphatic heterocycles. The molecule has 0 unspecified atom stereocenters. The lowest BCUT2D eigenvalue weighted by atomic mass is 10.3. The zero-order chi connectivity index (χ0) is 10.1. The Kier molecular flexibility index (Phi) is 8.14. The van der Waals surface area contributed by atoms with Crippen molar-refractivity contribution in [2.75, 3.05) is 13.1 Å². The summed E-state index contributed by atoms with van der Waals surface area (Å²) in [6, 6.07) is 0. The van der Waals surface area contributed by atoms with E-state index in [9.17, 15) is 0 Å². The Morgan fingerprint density at radius 2 is 2.08 bits per heavy atom. The Balaban J connectivity index is 3.70. The van der Waals surface area contributed by atoms with Crippen LogP contribution < -0.4 is 5.32 Å². The first-order valence-electron chi connectivity index (χ1n) is 4.76. The molecule has 0 heterocycles. The molecule has 0 aromatic heterocycles. The maximum atomic E-state index is 4.32. The smallest absolute Gasteiger partial charge is 0.0232 e. The van der Waals surface area contributed by atoms with Gasteiger partial charge in [0.15, 0.2) is 0 Å². The average molecular weight is 200 g/mol. The van der Waals surface area contributed by atoms with E-state index in [0.29, 0.717) is 0 Å². The van der Waals surface area contributed by atoms with Crippen molar-refractivity contribution in [2.24, 2.45) is 4.40 Å². The highest BCUT2D eigenvalue weighted by atomic mass is 32.2. The third-order valence-electron chi connectivity index (χ3n) is 1.63. The molecule has 76 valence electrons. The maximum absolute atomic E-state index is 4.32. The first-order valence-corrected chi connectivity index (χ1v) is 5.60. The maximum Gasteiger partial charge on any atom is 0.0232 e. The van der Waals surface area contributed by atoms with Gasteiger partial charge in [-0.1, -0.05) is 19.4 Å². The van der Waals surface area contributed by atoms with E-state index in [1.165, 1.54) is 23.2 Å². The van der Waals surface area contributed by atoms with Gasteiger partial charge in [0.2, 0.25) is 0 Å². The monoisotopic (exact) mass is 200 g/mol. The lowest BCUT2D eigenvalue weighted by molar-refractivity contribution is 0.777. The molecule has 13 heavy (non-hydrogen) atoms. The summed E-state index contributed by atoms with van der Waals surface area (Å²) in [5.41, 5.74) is 2.53. The molecule has 2 nitrogen and oxygen atoms in total. The zero-order valence-corrected chi connectivity index (χ0v) is 9.87. The molecule has 0 spiro atoms. The van der Waals surface area contributed by atoms with Gasteiger partial charge in [-0.2, -0.15) is 0 Å². The fraction of sp³-hybridized carbons (Fsp3) is 0.700. The molecule has 0 atom stereocenters. The van der Waals surface area contributed by atoms with Crippen LogP contribution in [0.15, 0.2) is 15.4 Å². The lowest BCUT2D eigenvalue weighted by Crippen LogP contribution is -2.14. The molecule has 0 rings (SSSR count). The first-order chi connectivity index (χ1) is 6.20. The predicted molar refractivity (Wildman–Crippen MR) is 63.3 cm³/mol.